The summed E-state index contributed by atoms with van der Waals surface area (Å²) in [6.45, 7) is 0. The van der Waals surface area contributed by atoms with Crippen LogP contribution in [0.2, 0.25) is 0 Å². The van der Waals surface area contributed by atoms with Crippen molar-refractivity contribution in [3.63, 3.8) is 0 Å². The van der Waals surface area contributed by atoms with Crippen LogP contribution in [-0.4, -0.2) is 11.6 Å². The van der Waals surface area contributed by atoms with E-state index >= 15 is 0 Å². The van der Waals surface area contributed by atoms with Gasteiger partial charge in [0, 0.05) is 11.1 Å². The second-order valence-electron chi connectivity index (χ2n) is 7.25. The molecule has 0 aliphatic heterocycles. The van der Waals surface area contributed by atoms with Crippen molar-refractivity contribution in [1.82, 2.24) is 0 Å². The molecule has 0 amide bonds. The van der Waals surface area contributed by atoms with Crippen molar-refractivity contribution < 1.29 is 9.59 Å². The highest BCUT2D eigenvalue weighted by Gasteiger charge is 2.22. The Kier molecular flexibility index (Phi) is 3.64. The maximum Gasteiger partial charge on any atom is 0.186 e. The first-order chi connectivity index (χ1) is 13.2. The molecule has 0 aromatic heterocycles. The predicted molar refractivity (Wildman–Crippen MR) is 107 cm³/mol. The lowest BCUT2D eigenvalue weighted by Gasteiger charge is -2.17. The molecule has 0 atom stereocenters. The van der Waals surface area contributed by atoms with E-state index in [1.807, 2.05) is 12.1 Å². The fraction of sp³-hybridized carbons (Fsp3) is 0.120. The molecule has 0 heterocycles. The van der Waals surface area contributed by atoms with Gasteiger partial charge in [-0.05, 0) is 76.9 Å². The van der Waals surface area contributed by atoms with E-state index in [9.17, 15) is 9.59 Å². The number of ketones is 2. The molecule has 5 aliphatic carbocycles. The van der Waals surface area contributed by atoms with Crippen molar-refractivity contribution in [3.05, 3.63) is 95.1 Å². The van der Waals surface area contributed by atoms with Gasteiger partial charge in [-0.3, -0.25) is 9.59 Å². The van der Waals surface area contributed by atoms with E-state index < -0.39 is 0 Å². The Morgan fingerprint density at radius 1 is 0.519 bits per heavy atom. The fourth-order valence-electron chi connectivity index (χ4n) is 4.01. The van der Waals surface area contributed by atoms with Crippen molar-refractivity contribution in [2.24, 2.45) is 0 Å². The van der Waals surface area contributed by atoms with E-state index in [0.717, 1.165) is 41.5 Å². The van der Waals surface area contributed by atoms with Crippen LogP contribution in [-0.2, 0) is 12.8 Å². The maximum absolute atomic E-state index is 12.4. The molecular formula is C25H18O2. The van der Waals surface area contributed by atoms with Gasteiger partial charge in [-0.1, -0.05) is 48.5 Å². The first-order valence-electron chi connectivity index (χ1n) is 9.32. The lowest BCUT2D eigenvalue weighted by molar-refractivity contribution is 0.0994. The zero-order chi connectivity index (χ0) is 18.4. The van der Waals surface area contributed by atoms with Gasteiger partial charge in [-0.25, -0.2) is 0 Å². The van der Waals surface area contributed by atoms with Gasteiger partial charge >= 0.3 is 0 Å². The minimum Gasteiger partial charge on any atom is -0.289 e. The van der Waals surface area contributed by atoms with E-state index in [1.165, 1.54) is 23.3 Å². The summed E-state index contributed by atoms with van der Waals surface area (Å²) in [7, 11) is 0. The number of allylic oxidation sites excluding steroid dienone is 2. The Bertz CT molecular complexity index is 1010. The molecule has 2 nitrogen and oxygen atoms in total. The number of rotatable bonds is 0. The van der Waals surface area contributed by atoms with Crippen LogP contribution in [0.1, 0.15) is 38.3 Å². The van der Waals surface area contributed by atoms with E-state index in [4.69, 9.17) is 0 Å². The Labute approximate surface area is 158 Å². The molecule has 0 unspecified atom stereocenters. The van der Waals surface area contributed by atoms with Crippen molar-refractivity contribution in [2.75, 3.05) is 0 Å². The number of aryl methyl sites for hydroxylation is 2. The average molecular weight is 350 g/mol. The van der Waals surface area contributed by atoms with Gasteiger partial charge in [0.2, 0.25) is 0 Å². The summed E-state index contributed by atoms with van der Waals surface area (Å²) in [4.78, 5) is 24.8. The zero-order valence-electron chi connectivity index (χ0n) is 14.9. The normalized spacial score (nSPS) is 15.0. The molecule has 0 saturated heterocycles. The molecule has 0 fully saturated rings. The molecule has 3 aromatic carbocycles. The molecule has 130 valence electrons. The van der Waals surface area contributed by atoms with E-state index in [0.29, 0.717) is 11.1 Å². The Morgan fingerprint density at radius 3 is 1.33 bits per heavy atom. The smallest absolute Gasteiger partial charge is 0.186 e. The second kappa shape index (κ2) is 6.17. The summed E-state index contributed by atoms with van der Waals surface area (Å²) in [6, 6.07) is 20.9. The number of carbonyl (C=O) groups excluding carboxylic acids is 2. The summed E-state index contributed by atoms with van der Waals surface area (Å²) >= 11 is 0. The molecule has 27 heavy (non-hydrogen) atoms. The Morgan fingerprint density at radius 2 is 0.926 bits per heavy atom. The Balaban J connectivity index is 1.81. The van der Waals surface area contributed by atoms with Gasteiger partial charge in [0.25, 0.3) is 0 Å². The predicted octanol–water partition coefficient (Wildman–Crippen LogP) is 5.44. The minimum absolute atomic E-state index is 0.109. The summed E-state index contributed by atoms with van der Waals surface area (Å²) in [5, 5.41) is 0. The lowest BCUT2D eigenvalue weighted by atomic mass is 9.85. The third kappa shape index (κ3) is 2.74. The van der Waals surface area contributed by atoms with E-state index in [1.54, 1.807) is 0 Å². The van der Waals surface area contributed by atoms with Crippen LogP contribution in [0.25, 0.3) is 22.3 Å². The van der Waals surface area contributed by atoms with Gasteiger partial charge < -0.3 is 0 Å². The van der Waals surface area contributed by atoms with Crippen molar-refractivity contribution in [3.8, 4) is 22.3 Å². The highest BCUT2D eigenvalue weighted by atomic mass is 16.1. The number of carbonyl (C=O) groups is 2. The molecule has 3 aromatic rings. The number of hydrogen-bond acceptors (Lipinski definition) is 2. The monoisotopic (exact) mass is 350 g/mol. The topological polar surface area (TPSA) is 34.1 Å². The van der Waals surface area contributed by atoms with Crippen molar-refractivity contribution in [2.45, 2.75) is 19.3 Å². The molecule has 2 heteroatoms. The quantitative estimate of drug-likeness (QED) is 0.541. The highest BCUT2D eigenvalue weighted by Crippen LogP contribution is 2.36. The molecule has 0 spiro atoms. The lowest BCUT2D eigenvalue weighted by Crippen LogP contribution is -2.12. The standard InChI is InChI=1S/C25H18O2/c26-24-12-13-25(27)23-15-21-19-10-6-17(7-11-19)3-1-2-16-4-8-18(9-5-16)20(21)14-22(23)24/h4-15H,1-3H2. The molecule has 8 rings (SSSR count). The van der Waals surface area contributed by atoms with Crippen LogP contribution in [0.5, 0.6) is 0 Å². The van der Waals surface area contributed by atoms with Crippen LogP contribution in [0, 0.1) is 0 Å². The molecule has 0 radical (unpaired) electrons. The highest BCUT2D eigenvalue weighted by molar-refractivity contribution is 6.23. The number of hydrogen-bond donors (Lipinski definition) is 0. The molecule has 5 aliphatic rings. The van der Waals surface area contributed by atoms with Gasteiger partial charge in [0.15, 0.2) is 11.6 Å². The Hall–Kier alpha value is -3.26. The van der Waals surface area contributed by atoms with Gasteiger partial charge in [0.1, 0.15) is 0 Å². The van der Waals surface area contributed by atoms with Crippen LogP contribution >= 0.6 is 0 Å². The van der Waals surface area contributed by atoms with E-state index in [-0.39, 0.29) is 11.6 Å². The average Bonchev–Trinajstić information content (AvgIpc) is 2.74. The summed E-state index contributed by atoms with van der Waals surface area (Å²) < 4.78 is 0. The molecule has 0 saturated carbocycles. The third-order valence-corrected chi connectivity index (χ3v) is 5.54. The summed E-state index contributed by atoms with van der Waals surface area (Å²) in [5.41, 5.74) is 7.74. The van der Waals surface area contributed by atoms with Crippen LogP contribution < -0.4 is 0 Å². The van der Waals surface area contributed by atoms with Crippen molar-refractivity contribution in [1.29, 1.82) is 0 Å². The first kappa shape index (κ1) is 16.0. The maximum atomic E-state index is 12.4. The van der Waals surface area contributed by atoms with Gasteiger partial charge in [-0.2, -0.15) is 0 Å². The first-order valence-corrected chi connectivity index (χ1v) is 9.32. The SMILES string of the molecule is O=C1C=CC(=O)c2cc3c(cc21)-c1ccc(cc1)CCCc1ccc-3cc1. The molecular weight excluding hydrogens is 332 g/mol. The summed E-state index contributed by atoms with van der Waals surface area (Å²) in [6.07, 6.45) is 5.96. The third-order valence-electron chi connectivity index (χ3n) is 5.54. The van der Waals surface area contributed by atoms with E-state index in [2.05, 4.69) is 48.5 Å². The fourth-order valence-corrected chi connectivity index (χ4v) is 4.01. The molecule has 0 N–H and O–H groups in total. The number of benzene rings is 3. The summed E-state index contributed by atoms with van der Waals surface area (Å²) in [5.74, 6) is -0.218. The second-order valence-corrected chi connectivity index (χ2v) is 7.25. The van der Waals surface area contributed by atoms with Crippen LogP contribution in [0.4, 0.5) is 0 Å². The van der Waals surface area contributed by atoms with Gasteiger partial charge in [-0.15, -0.1) is 0 Å². The zero-order valence-corrected chi connectivity index (χ0v) is 14.9. The van der Waals surface area contributed by atoms with Crippen LogP contribution in [0.15, 0.2) is 72.8 Å². The largest absolute Gasteiger partial charge is 0.289 e. The van der Waals surface area contributed by atoms with Gasteiger partial charge in [0.05, 0.1) is 0 Å². The van der Waals surface area contributed by atoms with Crippen LogP contribution in [0.3, 0.4) is 0 Å². The molecule has 4 bridgehead atoms. The minimum atomic E-state index is -0.109. The number of fused-ring (bicyclic) bond motifs is 1. The van der Waals surface area contributed by atoms with Crippen molar-refractivity contribution >= 4 is 11.6 Å².